The van der Waals surface area contributed by atoms with Crippen LogP contribution in [-0.4, -0.2) is 51.8 Å². The van der Waals surface area contributed by atoms with Crippen molar-refractivity contribution in [3.63, 3.8) is 0 Å². The molecule has 204 valence electrons. The number of anilines is 1. The zero-order valence-electron chi connectivity index (χ0n) is 22.1. The Labute approximate surface area is 231 Å². The van der Waals surface area contributed by atoms with Crippen LogP contribution in [0.2, 0.25) is 5.02 Å². The first kappa shape index (κ1) is 27.7. The van der Waals surface area contributed by atoms with Gasteiger partial charge in [-0.05, 0) is 42.8 Å². The number of Topliss-reactive ketones (excluding diaryl/α,β-unsaturated/α-hetero) is 1. The van der Waals surface area contributed by atoms with Gasteiger partial charge in [0.2, 0.25) is 0 Å². The molecule has 3 aromatic rings. The molecule has 9 nitrogen and oxygen atoms in total. The summed E-state index contributed by atoms with van der Waals surface area (Å²) >= 11 is 6.35. The average molecular weight is 554 g/mol. The molecule has 1 aliphatic rings. The molecule has 1 amide bonds. The number of hydrogen-bond acceptors (Lipinski definition) is 8. The maximum absolute atomic E-state index is 13.6. The van der Waals surface area contributed by atoms with E-state index in [2.05, 4.69) is 0 Å². The molecule has 39 heavy (non-hydrogen) atoms. The van der Waals surface area contributed by atoms with Gasteiger partial charge in [-0.2, -0.15) is 0 Å². The van der Waals surface area contributed by atoms with Crippen molar-refractivity contribution in [3.05, 3.63) is 76.3 Å². The molecule has 0 saturated carbocycles. The first-order valence-corrected chi connectivity index (χ1v) is 12.3. The minimum absolute atomic E-state index is 0.120. The maximum atomic E-state index is 13.6. The zero-order valence-corrected chi connectivity index (χ0v) is 22.9. The van der Waals surface area contributed by atoms with Crippen LogP contribution in [0.5, 0.6) is 28.7 Å². The minimum Gasteiger partial charge on any atom is -0.507 e. The van der Waals surface area contributed by atoms with E-state index in [4.69, 9.17) is 35.3 Å². The third-order valence-corrected chi connectivity index (χ3v) is 6.60. The van der Waals surface area contributed by atoms with E-state index in [1.165, 1.54) is 45.5 Å². The molecule has 0 bridgehead atoms. The summed E-state index contributed by atoms with van der Waals surface area (Å²) < 4.78 is 27.2. The number of methoxy groups -OCH3 is 4. The highest BCUT2D eigenvalue weighted by molar-refractivity contribution is 6.51. The summed E-state index contributed by atoms with van der Waals surface area (Å²) in [6.07, 6.45) is 0. The number of ether oxygens (including phenoxy) is 5. The second kappa shape index (κ2) is 11.6. The van der Waals surface area contributed by atoms with E-state index in [-0.39, 0.29) is 21.9 Å². The van der Waals surface area contributed by atoms with Crippen molar-refractivity contribution in [2.45, 2.75) is 13.0 Å². The molecule has 0 aromatic heterocycles. The summed E-state index contributed by atoms with van der Waals surface area (Å²) in [5.41, 5.74) is 0.860. The smallest absolute Gasteiger partial charge is 0.300 e. The summed E-state index contributed by atoms with van der Waals surface area (Å²) in [5, 5.41) is 11.8. The van der Waals surface area contributed by atoms with Gasteiger partial charge in [-0.25, -0.2) is 0 Å². The van der Waals surface area contributed by atoms with Crippen LogP contribution in [0.4, 0.5) is 5.69 Å². The lowest BCUT2D eigenvalue weighted by atomic mass is 9.94. The third kappa shape index (κ3) is 5.05. The van der Waals surface area contributed by atoms with E-state index in [0.29, 0.717) is 40.9 Å². The fraction of sp³-hybridized carbons (Fsp3) is 0.241. The Morgan fingerprint density at radius 1 is 0.872 bits per heavy atom. The normalized spacial score (nSPS) is 16.3. The van der Waals surface area contributed by atoms with Gasteiger partial charge >= 0.3 is 0 Å². The number of aliphatic hydroxyl groups excluding tert-OH is 1. The number of rotatable bonds is 9. The van der Waals surface area contributed by atoms with Gasteiger partial charge in [-0.1, -0.05) is 23.7 Å². The number of benzene rings is 3. The fourth-order valence-corrected chi connectivity index (χ4v) is 4.76. The Kier molecular flexibility index (Phi) is 8.21. The number of aliphatic hydroxyl groups is 1. The lowest BCUT2D eigenvalue weighted by Gasteiger charge is -2.26. The second-order valence-electron chi connectivity index (χ2n) is 8.40. The van der Waals surface area contributed by atoms with Crippen molar-refractivity contribution in [3.8, 4) is 28.7 Å². The highest BCUT2D eigenvalue weighted by atomic mass is 35.5. The Morgan fingerprint density at radius 3 is 2.21 bits per heavy atom. The molecular weight excluding hydrogens is 526 g/mol. The molecule has 1 aliphatic heterocycles. The third-order valence-electron chi connectivity index (χ3n) is 6.30. The van der Waals surface area contributed by atoms with Gasteiger partial charge < -0.3 is 28.8 Å². The molecule has 1 atom stereocenters. The number of amides is 1. The quantitative estimate of drug-likeness (QED) is 0.213. The maximum Gasteiger partial charge on any atom is 0.300 e. The van der Waals surface area contributed by atoms with Crippen molar-refractivity contribution < 1.29 is 38.4 Å². The summed E-state index contributed by atoms with van der Waals surface area (Å²) in [6.45, 7) is 2.26. The molecule has 1 saturated heterocycles. The molecule has 1 heterocycles. The number of nitrogens with zero attached hydrogens (tertiary/aromatic N) is 1. The standard InChI is InChI=1S/C29H28ClNO8/c1-6-39-18-9-7-8-17(13-18)31-26(16-10-11-21(35-2)24(12-16)38-5)25(28(33)29(31)34)27(32)19-14-20(30)23(37-4)15-22(19)36-3/h7-15,26,32H,6H2,1-5H3/b27-25+. The molecule has 1 N–H and O–H groups in total. The number of carbonyl (C=O) groups excluding carboxylic acids is 2. The van der Waals surface area contributed by atoms with Crippen molar-refractivity contribution in [2.24, 2.45) is 0 Å². The molecule has 3 aromatic carbocycles. The van der Waals surface area contributed by atoms with Crippen molar-refractivity contribution in [2.75, 3.05) is 39.9 Å². The van der Waals surface area contributed by atoms with Gasteiger partial charge in [-0.3, -0.25) is 14.5 Å². The van der Waals surface area contributed by atoms with Crippen LogP contribution in [0.3, 0.4) is 0 Å². The molecule has 0 spiro atoms. The number of halogens is 1. The topological polar surface area (TPSA) is 104 Å². The summed E-state index contributed by atoms with van der Waals surface area (Å²) in [5.74, 6) is -0.302. The second-order valence-corrected chi connectivity index (χ2v) is 8.81. The SMILES string of the molecule is CCOc1cccc(N2C(=O)C(=O)/C(=C(/O)c3cc(Cl)c(OC)cc3OC)C2c2ccc(OC)c(OC)c2)c1. The lowest BCUT2D eigenvalue weighted by Crippen LogP contribution is -2.29. The van der Waals surface area contributed by atoms with Gasteiger partial charge in [0.1, 0.15) is 23.0 Å². The minimum atomic E-state index is -1.03. The Morgan fingerprint density at radius 2 is 1.56 bits per heavy atom. The zero-order chi connectivity index (χ0) is 28.3. The molecule has 1 fully saturated rings. The number of carbonyl (C=O) groups is 2. The molecule has 0 aliphatic carbocycles. The highest BCUT2D eigenvalue weighted by Gasteiger charge is 2.47. The molecule has 0 radical (unpaired) electrons. The summed E-state index contributed by atoms with van der Waals surface area (Å²) in [7, 11) is 5.83. The van der Waals surface area contributed by atoms with E-state index in [1.54, 1.807) is 42.5 Å². The monoisotopic (exact) mass is 553 g/mol. The van der Waals surface area contributed by atoms with E-state index in [0.717, 1.165) is 0 Å². The van der Waals surface area contributed by atoms with E-state index < -0.39 is 23.5 Å². The molecule has 1 unspecified atom stereocenters. The highest BCUT2D eigenvalue weighted by Crippen LogP contribution is 2.46. The Bertz CT molecular complexity index is 1450. The molecule has 10 heteroatoms. The molecule has 4 rings (SSSR count). The van der Waals surface area contributed by atoms with Crippen molar-refractivity contribution in [1.29, 1.82) is 0 Å². The van der Waals surface area contributed by atoms with E-state index in [1.807, 2.05) is 6.92 Å². The Balaban J connectivity index is 2.00. The van der Waals surface area contributed by atoms with Crippen LogP contribution in [0.1, 0.15) is 24.1 Å². The van der Waals surface area contributed by atoms with Crippen LogP contribution in [0.15, 0.2) is 60.2 Å². The number of hydrogen-bond donors (Lipinski definition) is 1. The summed E-state index contributed by atoms with van der Waals surface area (Å²) in [4.78, 5) is 28.5. The van der Waals surface area contributed by atoms with Crippen molar-refractivity contribution >= 4 is 34.7 Å². The van der Waals surface area contributed by atoms with Crippen LogP contribution in [0.25, 0.3) is 5.76 Å². The summed E-state index contributed by atoms with van der Waals surface area (Å²) in [6, 6.07) is 13.7. The van der Waals surface area contributed by atoms with E-state index in [9.17, 15) is 14.7 Å². The van der Waals surface area contributed by atoms with Gasteiger partial charge in [0, 0.05) is 17.8 Å². The van der Waals surface area contributed by atoms with Gasteiger partial charge in [0.25, 0.3) is 11.7 Å². The first-order chi connectivity index (χ1) is 18.8. The van der Waals surface area contributed by atoms with Crippen LogP contribution in [0, 0.1) is 0 Å². The first-order valence-electron chi connectivity index (χ1n) is 12.0. The largest absolute Gasteiger partial charge is 0.507 e. The number of ketones is 1. The van der Waals surface area contributed by atoms with Gasteiger partial charge in [0.15, 0.2) is 11.5 Å². The van der Waals surface area contributed by atoms with E-state index >= 15 is 0 Å². The Hall–Kier alpha value is -4.37. The van der Waals surface area contributed by atoms with Gasteiger partial charge in [0.05, 0.1) is 57.2 Å². The average Bonchev–Trinajstić information content (AvgIpc) is 3.22. The molecular formula is C29H28ClNO8. The lowest BCUT2D eigenvalue weighted by molar-refractivity contribution is -0.132. The van der Waals surface area contributed by atoms with Crippen LogP contribution in [-0.2, 0) is 9.59 Å². The predicted octanol–water partition coefficient (Wildman–Crippen LogP) is 5.40. The van der Waals surface area contributed by atoms with Crippen LogP contribution >= 0.6 is 11.6 Å². The fourth-order valence-electron chi connectivity index (χ4n) is 4.52. The van der Waals surface area contributed by atoms with Crippen molar-refractivity contribution in [1.82, 2.24) is 0 Å². The van der Waals surface area contributed by atoms with Crippen LogP contribution < -0.4 is 28.6 Å². The van der Waals surface area contributed by atoms with Gasteiger partial charge in [-0.15, -0.1) is 0 Å². The predicted molar refractivity (Wildman–Crippen MR) is 146 cm³/mol.